The molecule has 92 valence electrons. The third-order valence-electron chi connectivity index (χ3n) is 2.41. The Kier molecular flexibility index (Phi) is 4.23. The summed E-state index contributed by atoms with van der Waals surface area (Å²) in [6.45, 7) is 4.32. The highest BCUT2D eigenvalue weighted by molar-refractivity contribution is 7.99. The Morgan fingerprint density at radius 2 is 2.29 bits per heavy atom. The maximum absolute atomic E-state index is 5.69. The molecule has 2 rings (SSSR count). The highest BCUT2D eigenvalue weighted by atomic mass is 35.5. The van der Waals surface area contributed by atoms with Crippen LogP contribution in [0.3, 0.4) is 0 Å². The molecule has 0 N–H and O–H groups in total. The van der Waals surface area contributed by atoms with Crippen LogP contribution in [-0.4, -0.2) is 31.4 Å². The van der Waals surface area contributed by atoms with Gasteiger partial charge in [-0.2, -0.15) is 0 Å². The van der Waals surface area contributed by atoms with E-state index in [1.807, 2.05) is 0 Å². The Bertz CT molecular complexity index is 497. The quantitative estimate of drug-likeness (QED) is 0.476. The molecule has 2 heterocycles. The Morgan fingerprint density at radius 3 is 3.00 bits per heavy atom. The minimum absolute atomic E-state index is 0.433. The molecule has 0 atom stereocenters. The number of thioether (sulfide) groups is 1. The largest absolute Gasteiger partial charge is 0.213 e. The average molecular weight is 271 g/mol. The molecule has 2 aromatic heterocycles. The molecule has 0 aliphatic heterocycles. The molecule has 0 bridgehead atoms. The highest BCUT2D eigenvalue weighted by Crippen LogP contribution is 2.27. The van der Waals surface area contributed by atoms with Gasteiger partial charge in [0.15, 0.2) is 5.65 Å². The van der Waals surface area contributed by atoms with Crippen LogP contribution in [0.1, 0.15) is 31.7 Å². The lowest BCUT2D eigenvalue weighted by molar-refractivity contribution is 0.713. The van der Waals surface area contributed by atoms with Crippen LogP contribution in [0, 0.1) is 0 Å². The molecule has 0 saturated carbocycles. The number of aromatic nitrogens is 4. The van der Waals surface area contributed by atoms with Crippen molar-refractivity contribution in [3.05, 3.63) is 18.0 Å². The predicted octanol–water partition coefficient (Wildman–Crippen LogP) is 2.97. The molecule has 0 unspecified atom stereocenters. The zero-order chi connectivity index (χ0) is 12.3. The smallest absolute Gasteiger partial charge is 0.176 e. The van der Waals surface area contributed by atoms with E-state index in [2.05, 4.69) is 35.1 Å². The molecule has 0 fully saturated rings. The first kappa shape index (κ1) is 12.6. The number of rotatable bonds is 5. The van der Waals surface area contributed by atoms with Crippen molar-refractivity contribution in [2.45, 2.75) is 31.2 Å². The van der Waals surface area contributed by atoms with E-state index in [4.69, 9.17) is 11.6 Å². The molecular formula is C11H15ClN4S. The molecular weight excluding hydrogens is 256 g/mol. The van der Waals surface area contributed by atoms with E-state index in [0.29, 0.717) is 11.8 Å². The third kappa shape index (κ3) is 2.90. The van der Waals surface area contributed by atoms with E-state index in [0.717, 1.165) is 22.8 Å². The van der Waals surface area contributed by atoms with Gasteiger partial charge in [-0.1, -0.05) is 13.8 Å². The maximum atomic E-state index is 5.69. The zero-order valence-corrected chi connectivity index (χ0v) is 11.5. The molecule has 0 spiro atoms. The molecule has 0 aliphatic rings. The van der Waals surface area contributed by atoms with Gasteiger partial charge in [-0.25, -0.2) is 4.98 Å². The maximum Gasteiger partial charge on any atom is 0.176 e. The van der Waals surface area contributed by atoms with Gasteiger partial charge in [0, 0.05) is 11.6 Å². The Hall–Kier alpha value is -0.810. The molecule has 0 radical (unpaired) electrons. The van der Waals surface area contributed by atoms with Gasteiger partial charge in [0.05, 0.1) is 0 Å². The Balaban J connectivity index is 2.32. The summed E-state index contributed by atoms with van der Waals surface area (Å²) in [5.41, 5.74) is 2.03. The van der Waals surface area contributed by atoms with E-state index in [9.17, 15) is 0 Å². The molecule has 0 aliphatic carbocycles. The first-order valence-corrected chi connectivity index (χ1v) is 7.14. The molecule has 0 aromatic carbocycles. The van der Waals surface area contributed by atoms with E-state index >= 15 is 0 Å². The second-order valence-corrected chi connectivity index (χ2v) is 5.52. The number of nitrogens with zero attached hydrogens (tertiary/aromatic N) is 4. The monoisotopic (exact) mass is 270 g/mol. The standard InChI is InChI=1S/C11H15ClN4S/c1-8(2)9-6-10-13-7-14-16(10)15-11(9)17-5-3-4-12/h6-8H,3-5H2,1-2H3. The first-order valence-electron chi connectivity index (χ1n) is 5.62. The van der Waals surface area contributed by atoms with Gasteiger partial charge in [-0.05, 0) is 24.0 Å². The summed E-state index contributed by atoms with van der Waals surface area (Å²) in [6, 6.07) is 2.06. The van der Waals surface area contributed by atoms with E-state index in [1.165, 1.54) is 11.9 Å². The van der Waals surface area contributed by atoms with Crippen molar-refractivity contribution in [2.75, 3.05) is 11.6 Å². The van der Waals surface area contributed by atoms with Crippen molar-refractivity contribution in [1.82, 2.24) is 19.8 Å². The lowest BCUT2D eigenvalue weighted by Gasteiger charge is -2.10. The minimum atomic E-state index is 0.433. The van der Waals surface area contributed by atoms with Crippen molar-refractivity contribution < 1.29 is 0 Å². The fourth-order valence-corrected chi connectivity index (χ4v) is 2.88. The second kappa shape index (κ2) is 5.69. The fraction of sp³-hybridized carbons (Fsp3) is 0.545. The van der Waals surface area contributed by atoms with E-state index in [-0.39, 0.29) is 0 Å². The first-order chi connectivity index (χ1) is 8.22. The summed E-state index contributed by atoms with van der Waals surface area (Å²) >= 11 is 7.42. The molecule has 0 amide bonds. The van der Waals surface area contributed by atoms with Gasteiger partial charge in [0.25, 0.3) is 0 Å². The van der Waals surface area contributed by atoms with Crippen molar-refractivity contribution in [3.8, 4) is 0 Å². The van der Waals surface area contributed by atoms with Crippen LogP contribution in [0.2, 0.25) is 0 Å². The van der Waals surface area contributed by atoms with E-state index < -0.39 is 0 Å². The summed E-state index contributed by atoms with van der Waals surface area (Å²) in [7, 11) is 0. The number of halogens is 1. The number of hydrogen-bond acceptors (Lipinski definition) is 4. The van der Waals surface area contributed by atoms with Gasteiger partial charge in [0.2, 0.25) is 0 Å². The van der Waals surface area contributed by atoms with Crippen LogP contribution in [0.15, 0.2) is 17.4 Å². The number of alkyl halides is 1. The van der Waals surface area contributed by atoms with Crippen molar-refractivity contribution in [1.29, 1.82) is 0 Å². The fourth-order valence-electron chi connectivity index (χ4n) is 1.51. The summed E-state index contributed by atoms with van der Waals surface area (Å²) in [4.78, 5) is 4.16. The van der Waals surface area contributed by atoms with Crippen molar-refractivity contribution in [2.24, 2.45) is 0 Å². The third-order valence-corrected chi connectivity index (χ3v) is 3.76. The van der Waals surface area contributed by atoms with Gasteiger partial charge < -0.3 is 0 Å². The van der Waals surface area contributed by atoms with Crippen LogP contribution in [0.25, 0.3) is 5.65 Å². The molecule has 4 nitrogen and oxygen atoms in total. The Morgan fingerprint density at radius 1 is 1.47 bits per heavy atom. The summed E-state index contributed by atoms with van der Waals surface area (Å²) in [5.74, 6) is 2.11. The van der Waals surface area contributed by atoms with Gasteiger partial charge in [-0.15, -0.1) is 38.2 Å². The van der Waals surface area contributed by atoms with Gasteiger partial charge in [0.1, 0.15) is 11.4 Å². The number of fused-ring (bicyclic) bond motifs is 1. The van der Waals surface area contributed by atoms with E-state index in [1.54, 1.807) is 16.4 Å². The molecule has 2 aromatic rings. The summed E-state index contributed by atoms with van der Waals surface area (Å²) in [5, 5.41) is 9.58. The molecule has 0 saturated heterocycles. The molecule has 6 heteroatoms. The predicted molar refractivity (Wildman–Crippen MR) is 70.9 cm³/mol. The number of hydrogen-bond donors (Lipinski definition) is 0. The summed E-state index contributed by atoms with van der Waals surface area (Å²) < 4.78 is 1.58. The summed E-state index contributed by atoms with van der Waals surface area (Å²) in [6.07, 6.45) is 2.51. The zero-order valence-electron chi connectivity index (χ0n) is 9.93. The van der Waals surface area contributed by atoms with Crippen LogP contribution in [-0.2, 0) is 0 Å². The minimum Gasteiger partial charge on any atom is -0.213 e. The highest BCUT2D eigenvalue weighted by Gasteiger charge is 2.11. The second-order valence-electron chi connectivity index (χ2n) is 4.06. The van der Waals surface area contributed by atoms with Crippen molar-refractivity contribution >= 4 is 29.0 Å². The van der Waals surface area contributed by atoms with Crippen LogP contribution < -0.4 is 0 Å². The van der Waals surface area contributed by atoms with Crippen LogP contribution in [0.4, 0.5) is 0 Å². The lowest BCUT2D eigenvalue weighted by Crippen LogP contribution is -2.02. The van der Waals surface area contributed by atoms with Crippen LogP contribution >= 0.6 is 23.4 Å². The van der Waals surface area contributed by atoms with Gasteiger partial charge in [-0.3, -0.25) is 0 Å². The Labute approximate surface area is 110 Å². The lowest BCUT2D eigenvalue weighted by atomic mass is 10.1. The van der Waals surface area contributed by atoms with Crippen LogP contribution in [0.5, 0.6) is 0 Å². The van der Waals surface area contributed by atoms with Crippen molar-refractivity contribution in [3.63, 3.8) is 0 Å². The normalized spacial score (nSPS) is 11.5. The molecule has 17 heavy (non-hydrogen) atoms. The topological polar surface area (TPSA) is 43.1 Å². The SMILES string of the molecule is CC(C)c1cc2ncnn2nc1SCCCCl. The average Bonchev–Trinajstić information content (AvgIpc) is 2.75. The van der Waals surface area contributed by atoms with Gasteiger partial charge >= 0.3 is 0 Å².